The van der Waals surface area contributed by atoms with Crippen LogP contribution in [0.25, 0.3) is 0 Å². The Morgan fingerprint density at radius 1 is 1.47 bits per heavy atom. The van der Waals surface area contributed by atoms with Gasteiger partial charge in [-0.15, -0.1) is 0 Å². The summed E-state index contributed by atoms with van der Waals surface area (Å²) in [6.07, 6.45) is 3.11. The molecule has 2 heterocycles. The normalized spacial score (nSPS) is 21.0. The highest BCUT2D eigenvalue weighted by molar-refractivity contribution is 7.89. The van der Waals surface area contributed by atoms with Crippen molar-refractivity contribution in [3.63, 3.8) is 0 Å². The van der Waals surface area contributed by atoms with E-state index in [9.17, 15) is 8.42 Å². The highest BCUT2D eigenvalue weighted by Crippen LogP contribution is 2.20. The van der Waals surface area contributed by atoms with Crippen LogP contribution in [0.1, 0.15) is 6.42 Å². The first-order chi connectivity index (χ1) is 8.01. The second kappa shape index (κ2) is 4.85. The van der Waals surface area contributed by atoms with Gasteiger partial charge >= 0.3 is 0 Å². The summed E-state index contributed by atoms with van der Waals surface area (Å²) in [5.74, 6) is 0. The molecule has 1 unspecified atom stereocenters. The van der Waals surface area contributed by atoms with E-state index in [2.05, 4.69) is 9.97 Å². The highest BCUT2D eigenvalue weighted by atomic mass is 35.5. The fourth-order valence-corrected chi connectivity index (χ4v) is 2.97. The minimum Gasteiger partial charge on any atom is -0.380 e. The number of likely N-dealkylation sites (N-methyl/N-ethyl adjacent to an activating group) is 1. The Balaban J connectivity index is 2.26. The Morgan fingerprint density at radius 2 is 2.12 bits per heavy atom. The lowest BCUT2D eigenvalue weighted by atomic mass is 10.3. The van der Waals surface area contributed by atoms with Crippen LogP contribution in [-0.2, 0) is 14.8 Å². The average Bonchev–Trinajstić information content (AvgIpc) is 2.82. The molecule has 2 rings (SSSR count). The summed E-state index contributed by atoms with van der Waals surface area (Å²) < 4.78 is 30.8. The van der Waals surface area contributed by atoms with Crippen molar-refractivity contribution in [1.82, 2.24) is 14.3 Å². The van der Waals surface area contributed by atoms with E-state index in [1.54, 1.807) is 0 Å². The number of nitrogens with zero attached hydrogens (tertiary/aromatic N) is 3. The van der Waals surface area contributed by atoms with Crippen LogP contribution < -0.4 is 0 Å². The molecule has 1 atom stereocenters. The number of ether oxygens (including phenoxy) is 1. The van der Waals surface area contributed by atoms with E-state index in [1.165, 1.54) is 23.7 Å². The number of rotatable bonds is 3. The molecule has 0 radical (unpaired) electrons. The molecule has 1 aliphatic rings. The standard InChI is InChI=1S/C9H12ClN3O3S/c1-13(7-2-3-16-6-7)17(14,15)8-4-11-9(10)12-5-8/h4-5,7H,2-3,6H2,1H3. The quantitative estimate of drug-likeness (QED) is 0.754. The first-order valence-electron chi connectivity index (χ1n) is 5.05. The predicted molar refractivity (Wildman–Crippen MR) is 61.2 cm³/mol. The SMILES string of the molecule is CN(C1CCOC1)S(=O)(=O)c1cnc(Cl)nc1. The van der Waals surface area contributed by atoms with E-state index in [0.717, 1.165) is 0 Å². The molecule has 1 aromatic heterocycles. The summed E-state index contributed by atoms with van der Waals surface area (Å²) in [4.78, 5) is 7.38. The second-order valence-corrected chi connectivity index (χ2v) is 6.06. The van der Waals surface area contributed by atoms with Gasteiger partial charge in [0.05, 0.1) is 25.0 Å². The molecule has 1 aromatic rings. The molecule has 0 saturated carbocycles. The molecule has 0 spiro atoms. The lowest BCUT2D eigenvalue weighted by Gasteiger charge is -2.22. The summed E-state index contributed by atoms with van der Waals surface area (Å²) in [5.41, 5.74) is 0. The van der Waals surface area contributed by atoms with Gasteiger partial charge in [-0.3, -0.25) is 0 Å². The van der Waals surface area contributed by atoms with Crippen LogP contribution in [0.3, 0.4) is 0 Å². The van der Waals surface area contributed by atoms with Gasteiger partial charge in [-0.05, 0) is 18.0 Å². The summed E-state index contributed by atoms with van der Waals surface area (Å²) in [6.45, 7) is 1.01. The summed E-state index contributed by atoms with van der Waals surface area (Å²) in [7, 11) is -2.04. The van der Waals surface area contributed by atoms with Gasteiger partial charge in [0.1, 0.15) is 4.90 Å². The first-order valence-corrected chi connectivity index (χ1v) is 6.87. The topological polar surface area (TPSA) is 72.4 Å². The van der Waals surface area contributed by atoms with Gasteiger partial charge in [0, 0.05) is 13.7 Å². The molecule has 0 aromatic carbocycles. The number of aromatic nitrogens is 2. The molecule has 0 amide bonds. The van der Waals surface area contributed by atoms with Gasteiger partial charge in [-0.1, -0.05) is 0 Å². The molecular weight excluding hydrogens is 266 g/mol. The third-order valence-corrected chi connectivity index (χ3v) is 4.75. The summed E-state index contributed by atoms with van der Waals surface area (Å²) in [5, 5.41) is 0.0239. The van der Waals surface area contributed by atoms with Crippen molar-refractivity contribution in [2.45, 2.75) is 17.4 Å². The summed E-state index contributed by atoms with van der Waals surface area (Å²) in [6, 6.07) is -0.129. The Hall–Kier alpha value is -0.760. The number of halogens is 1. The molecule has 94 valence electrons. The molecule has 1 saturated heterocycles. The second-order valence-electron chi connectivity index (χ2n) is 3.73. The molecule has 8 heteroatoms. The van der Waals surface area contributed by atoms with Crippen LogP contribution in [0.2, 0.25) is 5.28 Å². The van der Waals surface area contributed by atoms with Gasteiger partial charge in [-0.2, -0.15) is 4.31 Å². The Morgan fingerprint density at radius 3 is 2.65 bits per heavy atom. The maximum absolute atomic E-state index is 12.2. The molecule has 17 heavy (non-hydrogen) atoms. The van der Waals surface area contributed by atoms with Gasteiger partial charge < -0.3 is 4.74 Å². The smallest absolute Gasteiger partial charge is 0.246 e. The van der Waals surface area contributed by atoms with Crippen LogP contribution in [0.15, 0.2) is 17.3 Å². The van der Waals surface area contributed by atoms with Gasteiger partial charge in [0.15, 0.2) is 0 Å². The van der Waals surface area contributed by atoms with Crippen molar-refractivity contribution >= 4 is 21.6 Å². The maximum Gasteiger partial charge on any atom is 0.246 e. The van der Waals surface area contributed by atoms with Crippen LogP contribution >= 0.6 is 11.6 Å². The van der Waals surface area contributed by atoms with Crippen LogP contribution in [0.4, 0.5) is 0 Å². The molecule has 6 nitrogen and oxygen atoms in total. The van der Waals surface area contributed by atoms with E-state index in [4.69, 9.17) is 16.3 Å². The average molecular weight is 278 g/mol. The molecular formula is C9H12ClN3O3S. The Labute approximate surface area is 105 Å². The minimum atomic E-state index is -3.57. The van der Waals surface area contributed by atoms with Crippen molar-refractivity contribution < 1.29 is 13.2 Å². The molecule has 1 aliphatic heterocycles. The van der Waals surface area contributed by atoms with Crippen LogP contribution in [-0.4, -0.2) is 49.0 Å². The third-order valence-electron chi connectivity index (χ3n) is 2.69. The third kappa shape index (κ3) is 2.57. The number of hydrogen-bond donors (Lipinski definition) is 0. The zero-order valence-corrected chi connectivity index (χ0v) is 10.8. The predicted octanol–water partition coefficient (Wildman–Crippen LogP) is 0.539. The van der Waals surface area contributed by atoms with Gasteiger partial charge in [-0.25, -0.2) is 18.4 Å². The lowest BCUT2D eigenvalue weighted by Crippen LogP contribution is -2.37. The maximum atomic E-state index is 12.2. The van der Waals surface area contributed by atoms with Crippen molar-refractivity contribution in [3.8, 4) is 0 Å². The molecule has 0 aliphatic carbocycles. The van der Waals surface area contributed by atoms with Crippen LogP contribution in [0, 0.1) is 0 Å². The zero-order chi connectivity index (χ0) is 12.5. The van der Waals surface area contributed by atoms with E-state index in [0.29, 0.717) is 19.6 Å². The fourth-order valence-electron chi connectivity index (χ4n) is 1.61. The van der Waals surface area contributed by atoms with Crippen molar-refractivity contribution in [2.75, 3.05) is 20.3 Å². The van der Waals surface area contributed by atoms with Gasteiger partial charge in [0.2, 0.25) is 15.3 Å². The zero-order valence-electron chi connectivity index (χ0n) is 9.21. The van der Waals surface area contributed by atoms with Gasteiger partial charge in [0.25, 0.3) is 0 Å². The largest absolute Gasteiger partial charge is 0.380 e. The van der Waals surface area contributed by atoms with E-state index >= 15 is 0 Å². The van der Waals surface area contributed by atoms with E-state index in [1.807, 2.05) is 0 Å². The van der Waals surface area contributed by atoms with Crippen molar-refractivity contribution in [1.29, 1.82) is 0 Å². The molecule has 1 fully saturated rings. The number of hydrogen-bond acceptors (Lipinski definition) is 5. The highest BCUT2D eigenvalue weighted by Gasteiger charge is 2.31. The molecule has 0 bridgehead atoms. The lowest BCUT2D eigenvalue weighted by molar-refractivity contribution is 0.181. The minimum absolute atomic E-state index is 0.0239. The molecule has 0 N–H and O–H groups in total. The Bertz CT molecular complexity index is 485. The first kappa shape index (κ1) is 12.7. The summed E-state index contributed by atoms with van der Waals surface area (Å²) >= 11 is 5.52. The van der Waals surface area contributed by atoms with E-state index < -0.39 is 10.0 Å². The van der Waals surface area contributed by atoms with Crippen molar-refractivity contribution in [3.05, 3.63) is 17.7 Å². The van der Waals surface area contributed by atoms with Crippen LogP contribution in [0.5, 0.6) is 0 Å². The number of sulfonamides is 1. The van der Waals surface area contributed by atoms with E-state index in [-0.39, 0.29) is 16.2 Å². The Kier molecular flexibility index (Phi) is 3.62. The monoisotopic (exact) mass is 277 g/mol. The fraction of sp³-hybridized carbons (Fsp3) is 0.556. The van der Waals surface area contributed by atoms with Crippen molar-refractivity contribution in [2.24, 2.45) is 0 Å².